The monoisotopic (exact) mass is 270 g/mol. The number of rotatable bonds is 5. The lowest BCUT2D eigenvalue weighted by atomic mass is 10.00. The zero-order valence-electron chi connectivity index (χ0n) is 12.2. The van der Waals surface area contributed by atoms with Crippen LogP contribution in [0.4, 0.5) is 5.69 Å². The summed E-state index contributed by atoms with van der Waals surface area (Å²) in [6.07, 6.45) is 3.91. The number of anilines is 1. The first-order valence-electron chi connectivity index (χ1n) is 7.41. The maximum Gasteiger partial charge on any atom is 0.0994 e. The van der Waals surface area contributed by atoms with Gasteiger partial charge >= 0.3 is 0 Å². The number of hydrogen-bond donors (Lipinski definition) is 1. The zero-order valence-corrected chi connectivity index (χ0v) is 12.2. The molecule has 106 valence electrons. The molecule has 0 bridgehead atoms. The van der Waals surface area contributed by atoms with Gasteiger partial charge in [0.15, 0.2) is 0 Å². The van der Waals surface area contributed by atoms with Crippen LogP contribution in [-0.2, 0) is 0 Å². The number of hydrogen-bond acceptors (Lipinski definition) is 3. The molecule has 0 radical (unpaired) electrons. The Morgan fingerprint density at radius 1 is 1.20 bits per heavy atom. The van der Waals surface area contributed by atoms with E-state index in [0.29, 0.717) is 5.92 Å². The maximum atomic E-state index is 4.32. The molecule has 2 heterocycles. The Morgan fingerprint density at radius 3 is 2.45 bits per heavy atom. The Balaban J connectivity index is 1.86. The summed E-state index contributed by atoms with van der Waals surface area (Å²) in [5, 5.41) is 3.32. The van der Waals surface area contributed by atoms with Crippen LogP contribution in [0.5, 0.6) is 0 Å². The lowest BCUT2D eigenvalue weighted by Gasteiger charge is -2.28. The predicted molar refractivity (Wildman–Crippen MR) is 82.7 cm³/mol. The van der Waals surface area contributed by atoms with Gasteiger partial charge in [0.1, 0.15) is 0 Å². The molecule has 1 aromatic heterocycles. The topological polar surface area (TPSA) is 33.1 Å². The molecule has 0 saturated carbocycles. The van der Waals surface area contributed by atoms with Crippen LogP contribution in [0.3, 0.4) is 0 Å². The Morgan fingerprint density at radius 2 is 1.90 bits per heavy atom. The Labute approximate surface area is 120 Å². The molecule has 1 fully saturated rings. The lowest BCUT2D eigenvalue weighted by molar-refractivity contribution is 0.435. The minimum Gasteiger partial charge on any atom is -0.372 e. The van der Waals surface area contributed by atoms with E-state index < -0.39 is 0 Å². The van der Waals surface area contributed by atoms with Crippen molar-refractivity contribution in [1.82, 2.24) is 14.9 Å². The van der Waals surface area contributed by atoms with Gasteiger partial charge in [-0.2, -0.15) is 0 Å². The number of nitrogens with one attached hydrogen (secondary N) is 1. The van der Waals surface area contributed by atoms with Crippen molar-refractivity contribution in [1.29, 1.82) is 0 Å². The molecule has 20 heavy (non-hydrogen) atoms. The van der Waals surface area contributed by atoms with Gasteiger partial charge in [-0.25, -0.2) is 4.98 Å². The van der Waals surface area contributed by atoms with Crippen molar-refractivity contribution in [2.75, 3.05) is 31.1 Å². The summed E-state index contributed by atoms with van der Waals surface area (Å²) >= 11 is 0. The summed E-state index contributed by atoms with van der Waals surface area (Å²) in [5.41, 5.74) is 3.78. The van der Waals surface area contributed by atoms with Gasteiger partial charge in [0.05, 0.1) is 6.33 Å². The van der Waals surface area contributed by atoms with Crippen molar-refractivity contribution in [3.63, 3.8) is 0 Å². The highest BCUT2D eigenvalue weighted by Crippen LogP contribution is 2.24. The molecule has 0 amide bonds. The number of benzene rings is 1. The molecule has 1 saturated heterocycles. The van der Waals surface area contributed by atoms with E-state index in [1.54, 1.807) is 0 Å². The molecule has 0 atom stereocenters. The van der Waals surface area contributed by atoms with Gasteiger partial charge in [-0.05, 0) is 38.1 Å². The summed E-state index contributed by atoms with van der Waals surface area (Å²) in [6, 6.07) is 8.77. The van der Waals surface area contributed by atoms with E-state index >= 15 is 0 Å². The normalized spacial score (nSPS) is 15.1. The largest absolute Gasteiger partial charge is 0.372 e. The van der Waals surface area contributed by atoms with Crippen LogP contribution >= 0.6 is 0 Å². The third-order valence-corrected chi connectivity index (χ3v) is 4.12. The number of nitrogens with zero attached hydrogens (tertiary/aromatic N) is 3. The van der Waals surface area contributed by atoms with Crippen molar-refractivity contribution < 1.29 is 0 Å². The van der Waals surface area contributed by atoms with Crippen LogP contribution < -0.4 is 10.2 Å². The van der Waals surface area contributed by atoms with Crippen LogP contribution in [0.15, 0.2) is 36.8 Å². The fourth-order valence-corrected chi connectivity index (χ4v) is 2.73. The Kier molecular flexibility index (Phi) is 3.74. The van der Waals surface area contributed by atoms with Gasteiger partial charge < -0.3 is 14.8 Å². The zero-order chi connectivity index (χ0) is 13.9. The summed E-state index contributed by atoms with van der Waals surface area (Å²) in [6.45, 7) is 8.58. The summed E-state index contributed by atoms with van der Waals surface area (Å²) in [5.74, 6) is 0.597. The highest BCUT2D eigenvalue weighted by Gasteiger charge is 2.22. The molecule has 1 N–H and O–H groups in total. The SMILES string of the molecule is CCN(CC)c1ccc(-n2cncc2C2CNC2)cc1. The van der Waals surface area contributed by atoms with Gasteiger partial charge in [0, 0.05) is 55.4 Å². The first-order chi connectivity index (χ1) is 9.83. The molecule has 0 aliphatic carbocycles. The van der Waals surface area contributed by atoms with E-state index in [2.05, 4.69) is 57.9 Å². The molecule has 1 aliphatic rings. The minimum atomic E-state index is 0.597. The standard InChI is InChI=1S/C16H22N4/c1-3-19(4-2)14-5-7-15(8-6-14)20-12-18-11-16(20)13-9-17-10-13/h5-8,11-13,17H,3-4,9-10H2,1-2H3. The average molecular weight is 270 g/mol. The van der Waals surface area contributed by atoms with Crippen molar-refractivity contribution in [3.8, 4) is 5.69 Å². The van der Waals surface area contributed by atoms with E-state index in [1.807, 2.05) is 12.5 Å². The van der Waals surface area contributed by atoms with Gasteiger partial charge in [0.2, 0.25) is 0 Å². The lowest BCUT2D eigenvalue weighted by Crippen LogP contribution is -2.40. The molecule has 0 spiro atoms. The van der Waals surface area contributed by atoms with E-state index in [1.165, 1.54) is 17.1 Å². The number of imidazole rings is 1. The second-order valence-electron chi connectivity index (χ2n) is 5.23. The predicted octanol–water partition coefficient (Wildman–Crippen LogP) is 2.41. The van der Waals surface area contributed by atoms with Crippen molar-refractivity contribution in [3.05, 3.63) is 42.5 Å². The van der Waals surface area contributed by atoms with E-state index in [9.17, 15) is 0 Å². The van der Waals surface area contributed by atoms with Crippen molar-refractivity contribution in [2.45, 2.75) is 19.8 Å². The molecule has 4 heteroatoms. The molecular weight excluding hydrogens is 248 g/mol. The minimum absolute atomic E-state index is 0.597. The summed E-state index contributed by atoms with van der Waals surface area (Å²) in [7, 11) is 0. The Hall–Kier alpha value is -1.81. The van der Waals surface area contributed by atoms with Crippen LogP contribution in [0.25, 0.3) is 5.69 Å². The molecular formula is C16H22N4. The van der Waals surface area contributed by atoms with Gasteiger partial charge in [-0.1, -0.05) is 0 Å². The van der Waals surface area contributed by atoms with Gasteiger partial charge in [-0.3, -0.25) is 0 Å². The van der Waals surface area contributed by atoms with E-state index in [4.69, 9.17) is 0 Å². The third-order valence-electron chi connectivity index (χ3n) is 4.12. The first kappa shape index (κ1) is 13.2. The molecule has 4 nitrogen and oxygen atoms in total. The van der Waals surface area contributed by atoms with Crippen LogP contribution in [-0.4, -0.2) is 35.7 Å². The van der Waals surface area contributed by atoms with Gasteiger partial charge in [-0.15, -0.1) is 0 Å². The highest BCUT2D eigenvalue weighted by atomic mass is 15.1. The first-order valence-corrected chi connectivity index (χ1v) is 7.41. The highest BCUT2D eigenvalue weighted by molar-refractivity contribution is 5.51. The smallest absolute Gasteiger partial charge is 0.0994 e. The second-order valence-corrected chi connectivity index (χ2v) is 5.23. The van der Waals surface area contributed by atoms with Crippen molar-refractivity contribution in [2.24, 2.45) is 0 Å². The quantitative estimate of drug-likeness (QED) is 0.905. The third kappa shape index (κ3) is 2.31. The van der Waals surface area contributed by atoms with Crippen LogP contribution in [0.1, 0.15) is 25.5 Å². The van der Waals surface area contributed by atoms with Crippen molar-refractivity contribution >= 4 is 5.69 Å². The fraction of sp³-hybridized carbons (Fsp3) is 0.438. The maximum absolute atomic E-state index is 4.32. The molecule has 1 aliphatic heterocycles. The van der Waals surface area contributed by atoms with E-state index in [0.717, 1.165) is 26.2 Å². The molecule has 2 aromatic rings. The fourth-order valence-electron chi connectivity index (χ4n) is 2.73. The molecule has 3 rings (SSSR count). The van der Waals surface area contributed by atoms with E-state index in [-0.39, 0.29) is 0 Å². The Bertz CT molecular complexity index is 550. The summed E-state index contributed by atoms with van der Waals surface area (Å²) in [4.78, 5) is 6.67. The molecule has 1 aromatic carbocycles. The van der Waals surface area contributed by atoms with Gasteiger partial charge in [0.25, 0.3) is 0 Å². The molecule has 0 unspecified atom stereocenters. The van der Waals surface area contributed by atoms with Crippen LogP contribution in [0, 0.1) is 0 Å². The summed E-state index contributed by atoms with van der Waals surface area (Å²) < 4.78 is 2.21. The average Bonchev–Trinajstić information content (AvgIpc) is 2.88. The second kappa shape index (κ2) is 5.67. The number of aromatic nitrogens is 2. The van der Waals surface area contributed by atoms with Crippen LogP contribution in [0.2, 0.25) is 0 Å².